The number of hydrogen-bond donors (Lipinski definition) is 2. The zero-order valence-electron chi connectivity index (χ0n) is 17.5. The van der Waals surface area contributed by atoms with Crippen LogP contribution >= 0.6 is 11.3 Å². The number of hydrogen-bond acceptors (Lipinski definition) is 9. The van der Waals surface area contributed by atoms with Crippen molar-refractivity contribution in [2.24, 2.45) is 0 Å². The Hall–Kier alpha value is -3.14. The van der Waals surface area contributed by atoms with Gasteiger partial charge in [-0.3, -0.25) is 0 Å². The number of fused-ring (bicyclic) bond motifs is 1. The van der Waals surface area contributed by atoms with E-state index in [4.69, 9.17) is 20.6 Å². The van der Waals surface area contributed by atoms with Gasteiger partial charge in [-0.15, -0.1) is 11.3 Å². The predicted molar refractivity (Wildman–Crippen MR) is 126 cm³/mol. The van der Waals surface area contributed by atoms with E-state index in [-0.39, 0.29) is 18.7 Å². The molecular weight excluding hydrogens is 424 g/mol. The SMILES string of the molecule is Nc1ncc(C2CN(c3ncc4sc(-c5cccc(CCCO)c5)cc4n3)CCO2)cn1. The van der Waals surface area contributed by atoms with Gasteiger partial charge in [-0.05, 0) is 30.0 Å². The van der Waals surface area contributed by atoms with E-state index in [0.29, 0.717) is 19.1 Å². The summed E-state index contributed by atoms with van der Waals surface area (Å²) in [5.41, 5.74) is 9.83. The number of rotatable bonds is 6. The molecular formula is C23H24N6O2S. The van der Waals surface area contributed by atoms with Crippen molar-refractivity contribution in [3.05, 3.63) is 60.0 Å². The number of aliphatic hydroxyl groups excluding tert-OH is 1. The van der Waals surface area contributed by atoms with Crippen molar-refractivity contribution in [3.8, 4) is 10.4 Å². The monoisotopic (exact) mass is 448 g/mol. The second kappa shape index (κ2) is 9.15. The molecule has 1 unspecified atom stereocenters. The fourth-order valence-corrected chi connectivity index (χ4v) is 4.80. The highest BCUT2D eigenvalue weighted by Crippen LogP contribution is 2.34. The average Bonchev–Trinajstić information content (AvgIpc) is 3.27. The second-order valence-corrected chi connectivity index (χ2v) is 8.82. The molecule has 3 aromatic heterocycles. The van der Waals surface area contributed by atoms with Gasteiger partial charge in [-0.1, -0.05) is 24.3 Å². The summed E-state index contributed by atoms with van der Waals surface area (Å²) in [6, 6.07) is 10.6. The van der Waals surface area contributed by atoms with E-state index in [0.717, 1.165) is 40.0 Å². The molecule has 1 aliphatic heterocycles. The summed E-state index contributed by atoms with van der Waals surface area (Å²) in [5, 5.41) is 9.10. The highest BCUT2D eigenvalue weighted by Gasteiger charge is 2.24. The number of aromatic nitrogens is 4. The number of anilines is 2. The number of thiophene rings is 1. The molecule has 0 spiro atoms. The molecule has 4 aromatic rings. The lowest BCUT2D eigenvalue weighted by atomic mass is 10.1. The first kappa shape index (κ1) is 20.7. The highest BCUT2D eigenvalue weighted by molar-refractivity contribution is 7.22. The summed E-state index contributed by atoms with van der Waals surface area (Å²) in [4.78, 5) is 20.9. The van der Waals surface area contributed by atoms with E-state index < -0.39 is 0 Å². The van der Waals surface area contributed by atoms with Gasteiger partial charge in [-0.2, -0.15) is 0 Å². The van der Waals surface area contributed by atoms with E-state index in [9.17, 15) is 0 Å². The molecule has 8 nitrogen and oxygen atoms in total. The van der Waals surface area contributed by atoms with Crippen LogP contribution in [0.2, 0.25) is 0 Å². The van der Waals surface area contributed by atoms with Crippen LogP contribution in [0.1, 0.15) is 23.7 Å². The minimum atomic E-state index is -0.150. The van der Waals surface area contributed by atoms with Crippen molar-refractivity contribution in [2.75, 3.05) is 36.9 Å². The lowest BCUT2D eigenvalue weighted by molar-refractivity contribution is 0.0388. The minimum Gasteiger partial charge on any atom is -0.396 e. The molecule has 32 heavy (non-hydrogen) atoms. The quantitative estimate of drug-likeness (QED) is 0.463. The van der Waals surface area contributed by atoms with E-state index >= 15 is 0 Å². The topological polar surface area (TPSA) is 110 Å². The zero-order chi connectivity index (χ0) is 21.9. The Morgan fingerprint density at radius 3 is 2.88 bits per heavy atom. The lowest BCUT2D eigenvalue weighted by Crippen LogP contribution is -2.39. The summed E-state index contributed by atoms with van der Waals surface area (Å²) < 4.78 is 6.97. The number of morpholine rings is 1. The van der Waals surface area contributed by atoms with Crippen LogP contribution < -0.4 is 10.6 Å². The van der Waals surface area contributed by atoms with Gasteiger partial charge < -0.3 is 20.5 Å². The standard InChI is InChI=1S/C23H24N6O2S/c24-22-25-11-17(12-26-22)19-14-29(6-8-31-19)23-27-13-21-18(28-23)10-20(32-21)16-5-1-3-15(9-16)4-2-7-30/h1,3,5,9-13,19,30H,2,4,6-8,14H2,(H2,24,25,26). The molecule has 1 fully saturated rings. The van der Waals surface area contributed by atoms with E-state index in [1.807, 2.05) is 6.20 Å². The number of nitrogen functional groups attached to an aromatic ring is 1. The van der Waals surface area contributed by atoms with E-state index in [1.54, 1.807) is 23.7 Å². The molecule has 0 bridgehead atoms. The third-order valence-electron chi connectivity index (χ3n) is 5.51. The number of ether oxygens (including phenoxy) is 1. The molecule has 1 aliphatic rings. The smallest absolute Gasteiger partial charge is 0.226 e. The van der Waals surface area contributed by atoms with Crippen molar-refractivity contribution in [2.45, 2.75) is 18.9 Å². The Morgan fingerprint density at radius 2 is 2.03 bits per heavy atom. The van der Waals surface area contributed by atoms with Crippen LogP contribution in [0.3, 0.4) is 0 Å². The summed E-state index contributed by atoms with van der Waals surface area (Å²) in [5.74, 6) is 0.950. The van der Waals surface area contributed by atoms with Gasteiger partial charge in [-0.25, -0.2) is 19.9 Å². The molecule has 4 heterocycles. The van der Waals surface area contributed by atoms with Gasteiger partial charge in [0, 0.05) is 36.0 Å². The fourth-order valence-electron chi connectivity index (χ4n) is 3.83. The van der Waals surface area contributed by atoms with Gasteiger partial charge >= 0.3 is 0 Å². The minimum absolute atomic E-state index is 0.150. The Kier molecular flexibility index (Phi) is 5.93. The van der Waals surface area contributed by atoms with Gasteiger partial charge in [0.05, 0.1) is 29.6 Å². The molecule has 0 aliphatic carbocycles. The van der Waals surface area contributed by atoms with Crippen LogP contribution in [0.25, 0.3) is 20.7 Å². The molecule has 1 aromatic carbocycles. The Morgan fingerprint density at radius 1 is 1.16 bits per heavy atom. The third kappa shape index (κ3) is 4.40. The highest BCUT2D eigenvalue weighted by atomic mass is 32.1. The third-order valence-corrected chi connectivity index (χ3v) is 6.61. The van der Waals surface area contributed by atoms with Crippen LogP contribution in [-0.4, -0.2) is 51.3 Å². The normalized spacial score (nSPS) is 16.5. The molecule has 164 valence electrons. The van der Waals surface area contributed by atoms with Gasteiger partial charge in [0.25, 0.3) is 0 Å². The maximum absolute atomic E-state index is 9.10. The summed E-state index contributed by atoms with van der Waals surface area (Å²) >= 11 is 1.69. The number of aryl methyl sites for hydroxylation is 1. The predicted octanol–water partition coefficient (Wildman–Crippen LogP) is 3.23. The number of benzene rings is 1. The number of aliphatic hydroxyl groups is 1. The fraction of sp³-hybridized carbons (Fsp3) is 0.304. The van der Waals surface area contributed by atoms with Crippen molar-refractivity contribution < 1.29 is 9.84 Å². The zero-order valence-corrected chi connectivity index (χ0v) is 18.3. The van der Waals surface area contributed by atoms with Crippen LogP contribution in [0.4, 0.5) is 11.9 Å². The second-order valence-electron chi connectivity index (χ2n) is 7.74. The van der Waals surface area contributed by atoms with Crippen molar-refractivity contribution >= 4 is 33.5 Å². The Bertz CT molecular complexity index is 1210. The molecule has 3 N–H and O–H groups in total. The molecule has 1 atom stereocenters. The number of nitrogens with two attached hydrogens (primary N) is 1. The van der Waals surface area contributed by atoms with E-state index in [1.165, 1.54) is 11.1 Å². The van der Waals surface area contributed by atoms with Crippen molar-refractivity contribution in [1.82, 2.24) is 19.9 Å². The Labute approximate surface area is 189 Å². The lowest BCUT2D eigenvalue weighted by Gasteiger charge is -2.32. The van der Waals surface area contributed by atoms with Crippen LogP contribution in [0.15, 0.2) is 48.9 Å². The Balaban J connectivity index is 1.37. The molecule has 0 saturated carbocycles. The van der Waals surface area contributed by atoms with Crippen molar-refractivity contribution in [1.29, 1.82) is 0 Å². The van der Waals surface area contributed by atoms with Gasteiger partial charge in [0.15, 0.2) is 0 Å². The van der Waals surface area contributed by atoms with Gasteiger partial charge in [0.1, 0.15) is 6.10 Å². The van der Waals surface area contributed by atoms with Crippen molar-refractivity contribution in [3.63, 3.8) is 0 Å². The molecule has 5 rings (SSSR count). The van der Waals surface area contributed by atoms with E-state index in [2.05, 4.69) is 50.2 Å². The van der Waals surface area contributed by atoms with Crippen LogP contribution in [-0.2, 0) is 11.2 Å². The first-order valence-corrected chi connectivity index (χ1v) is 11.4. The molecule has 1 saturated heterocycles. The summed E-state index contributed by atoms with van der Waals surface area (Å²) in [7, 11) is 0. The van der Waals surface area contributed by atoms with Crippen LogP contribution in [0, 0.1) is 0 Å². The maximum atomic E-state index is 9.10. The molecule has 9 heteroatoms. The summed E-state index contributed by atoms with van der Waals surface area (Å²) in [6.45, 7) is 2.13. The average molecular weight is 449 g/mol. The number of nitrogens with zero attached hydrogens (tertiary/aromatic N) is 5. The first-order valence-electron chi connectivity index (χ1n) is 10.6. The molecule has 0 radical (unpaired) electrons. The van der Waals surface area contributed by atoms with Gasteiger partial charge in [0.2, 0.25) is 11.9 Å². The van der Waals surface area contributed by atoms with Crippen LogP contribution in [0.5, 0.6) is 0 Å². The first-order chi connectivity index (χ1) is 15.7. The molecule has 0 amide bonds. The maximum Gasteiger partial charge on any atom is 0.226 e. The summed E-state index contributed by atoms with van der Waals surface area (Å²) in [6.07, 6.45) is 6.81. The largest absolute Gasteiger partial charge is 0.396 e.